The lowest BCUT2D eigenvalue weighted by Gasteiger charge is -2.07. The molecule has 3 aromatic rings. The maximum Gasteiger partial charge on any atom is 0.348 e. The smallest absolute Gasteiger partial charge is 0.348 e. The summed E-state index contributed by atoms with van der Waals surface area (Å²) >= 11 is 0. The number of hydrogen-bond donors (Lipinski definition) is 2. The minimum absolute atomic E-state index is 0.0142. The molecule has 10 nitrogen and oxygen atoms in total. The van der Waals surface area contributed by atoms with Gasteiger partial charge in [-0.1, -0.05) is 30.3 Å². The number of esters is 1. The van der Waals surface area contributed by atoms with Crippen LogP contribution in [0.5, 0.6) is 5.75 Å². The van der Waals surface area contributed by atoms with Crippen molar-refractivity contribution < 1.29 is 27.5 Å². The predicted molar refractivity (Wildman–Crippen MR) is 117 cm³/mol. The minimum atomic E-state index is -4.13. The van der Waals surface area contributed by atoms with Crippen LogP contribution < -0.4 is 15.8 Å². The van der Waals surface area contributed by atoms with E-state index in [0.29, 0.717) is 21.7 Å². The van der Waals surface area contributed by atoms with Gasteiger partial charge in [0.2, 0.25) is 9.84 Å². The van der Waals surface area contributed by atoms with Gasteiger partial charge >= 0.3 is 12.0 Å². The van der Waals surface area contributed by atoms with Gasteiger partial charge < -0.3 is 20.5 Å². The van der Waals surface area contributed by atoms with Crippen LogP contribution in [0.4, 0.5) is 16.3 Å². The lowest BCUT2D eigenvalue weighted by atomic mass is 10.2. The van der Waals surface area contributed by atoms with Gasteiger partial charge in [-0.05, 0) is 36.8 Å². The first kappa shape index (κ1) is 22.8. The summed E-state index contributed by atoms with van der Waals surface area (Å²) in [5, 5.41) is 5.80. The molecule has 32 heavy (non-hydrogen) atoms. The van der Waals surface area contributed by atoms with Gasteiger partial charge in [0.15, 0.2) is 5.03 Å². The molecule has 168 valence electrons. The van der Waals surface area contributed by atoms with E-state index < -0.39 is 44.0 Å². The number of nitrogen functional groups attached to an aromatic ring is 1. The number of methoxy groups -OCH3 is 1. The standard InChI is InChI=1S/C21H22N4O6S/c1-3-31-20(26)17-18(22)25(21(27)23-15-9-11-16(30-2)12-10-15)24-19(17)32(28,29)13-14-7-5-4-6-8-14/h4-12H,3,13,22H2,1-2H3,(H,23,27). The van der Waals surface area contributed by atoms with Crippen molar-refractivity contribution in [1.29, 1.82) is 0 Å². The van der Waals surface area contributed by atoms with Crippen molar-refractivity contribution >= 4 is 33.3 Å². The average molecular weight is 458 g/mol. The molecule has 0 aliphatic rings. The fraction of sp³-hybridized carbons (Fsp3) is 0.190. The van der Waals surface area contributed by atoms with Crippen LogP contribution in [-0.2, 0) is 20.3 Å². The van der Waals surface area contributed by atoms with Crippen molar-refractivity contribution in [1.82, 2.24) is 9.78 Å². The number of nitrogens with two attached hydrogens (primary N) is 1. The van der Waals surface area contributed by atoms with Crippen molar-refractivity contribution in [2.24, 2.45) is 0 Å². The summed E-state index contributed by atoms with van der Waals surface area (Å²) in [6.45, 7) is 1.55. The molecular formula is C21H22N4O6S. The van der Waals surface area contributed by atoms with E-state index in [9.17, 15) is 18.0 Å². The highest BCUT2D eigenvalue weighted by molar-refractivity contribution is 7.90. The van der Waals surface area contributed by atoms with E-state index in [1.807, 2.05) is 0 Å². The maximum atomic E-state index is 13.1. The molecule has 1 aromatic heterocycles. The van der Waals surface area contributed by atoms with Gasteiger partial charge in [-0.15, -0.1) is 5.10 Å². The van der Waals surface area contributed by atoms with E-state index in [0.717, 1.165) is 0 Å². The molecular weight excluding hydrogens is 436 g/mol. The van der Waals surface area contributed by atoms with Crippen LogP contribution in [0.1, 0.15) is 22.8 Å². The first-order chi connectivity index (χ1) is 15.3. The number of hydrogen-bond acceptors (Lipinski definition) is 8. The zero-order valence-electron chi connectivity index (χ0n) is 17.4. The molecule has 0 saturated heterocycles. The third-order valence-corrected chi connectivity index (χ3v) is 5.98. The normalized spacial score (nSPS) is 11.1. The molecule has 3 N–H and O–H groups in total. The van der Waals surface area contributed by atoms with Crippen LogP contribution in [0.2, 0.25) is 0 Å². The van der Waals surface area contributed by atoms with Gasteiger partial charge in [0, 0.05) is 5.69 Å². The van der Waals surface area contributed by atoms with Crippen LogP contribution in [0.3, 0.4) is 0 Å². The quantitative estimate of drug-likeness (QED) is 0.515. The molecule has 3 rings (SSSR count). The molecule has 0 unspecified atom stereocenters. The molecule has 11 heteroatoms. The van der Waals surface area contributed by atoms with Crippen molar-refractivity contribution in [2.45, 2.75) is 17.7 Å². The van der Waals surface area contributed by atoms with Crippen LogP contribution >= 0.6 is 0 Å². The molecule has 0 saturated carbocycles. The van der Waals surface area contributed by atoms with Gasteiger partial charge in [0.25, 0.3) is 0 Å². The number of nitrogens with one attached hydrogen (secondary N) is 1. The van der Waals surface area contributed by atoms with Crippen LogP contribution in [-0.4, -0.2) is 43.9 Å². The topological polar surface area (TPSA) is 143 Å². The first-order valence-corrected chi connectivity index (χ1v) is 11.2. The third kappa shape index (κ3) is 4.89. The van der Waals surface area contributed by atoms with Gasteiger partial charge in [-0.3, -0.25) is 0 Å². The fourth-order valence-corrected chi connectivity index (χ4v) is 4.36. The Labute approximate surface area is 184 Å². The molecule has 1 amide bonds. The zero-order valence-corrected chi connectivity index (χ0v) is 18.3. The predicted octanol–water partition coefficient (Wildman–Crippen LogP) is 2.70. The van der Waals surface area contributed by atoms with Crippen LogP contribution in [0, 0.1) is 0 Å². The summed E-state index contributed by atoms with van der Waals surface area (Å²) in [5.74, 6) is -1.28. The summed E-state index contributed by atoms with van der Waals surface area (Å²) in [7, 11) is -2.63. The summed E-state index contributed by atoms with van der Waals surface area (Å²) in [4.78, 5) is 25.2. The Kier molecular flexibility index (Phi) is 6.79. The van der Waals surface area contributed by atoms with Gasteiger partial charge in [0.1, 0.15) is 17.1 Å². The third-order valence-electron chi connectivity index (χ3n) is 4.40. The second kappa shape index (κ2) is 9.52. The SMILES string of the molecule is CCOC(=O)c1c(S(=O)(=O)Cc2ccccc2)nn(C(=O)Nc2ccc(OC)cc2)c1N. The Morgan fingerprint density at radius 2 is 1.75 bits per heavy atom. The molecule has 0 bridgehead atoms. The molecule has 0 atom stereocenters. The largest absolute Gasteiger partial charge is 0.497 e. The molecule has 0 aliphatic carbocycles. The molecule has 0 radical (unpaired) electrons. The number of amides is 1. The fourth-order valence-electron chi connectivity index (χ4n) is 2.89. The number of carbonyl (C=O) groups is 2. The van der Waals surface area contributed by atoms with Crippen LogP contribution in [0.15, 0.2) is 59.6 Å². The van der Waals surface area contributed by atoms with E-state index in [-0.39, 0.29) is 6.61 Å². The van der Waals surface area contributed by atoms with Gasteiger partial charge in [0.05, 0.1) is 19.5 Å². The van der Waals surface area contributed by atoms with E-state index in [1.54, 1.807) is 61.5 Å². The summed E-state index contributed by atoms with van der Waals surface area (Å²) < 4.78 is 36.8. The number of rotatable bonds is 7. The molecule has 0 spiro atoms. The zero-order chi connectivity index (χ0) is 23.3. The Hall–Kier alpha value is -3.86. The first-order valence-electron chi connectivity index (χ1n) is 9.54. The lowest BCUT2D eigenvalue weighted by molar-refractivity contribution is 0.0523. The second-order valence-electron chi connectivity index (χ2n) is 6.60. The second-order valence-corrected chi connectivity index (χ2v) is 8.51. The number of aromatic nitrogens is 2. The Bertz CT molecular complexity index is 1220. The number of ether oxygens (including phenoxy) is 2. The lowest BCUT2D eigenvalue weighted by Crippen LogP contribution is -2.23. The number of nitrogens with zero attached hydrogens (tertiary/aromatic N) is 2. The monoisotopic (exact) mass is 458 g/mol. The summed E-state index contributed by atoms with van der Waals surface area (Å²) in [6.07, 6.45) is 0. The highest BCUT2D eigenvalue weighted by Crippen LogP contribution is 2.26. The molecule has 0 aliphatic heterocycles. The van der Waals surface area contributed by atoms with Crippen LogP contribution in [0.25, 0.3) is 0 Å². The minimum Gasteiger partial charge on any atom is -0.497 e. The van der Waals surface area contributed by atoms with Crippen molar-refractivity contribution in [3.63, 3.8) is 0 Å². The average Bonchev–Trinajstić information content (AvgIpc) is 3.13. The van der Waals surface area contributed by atoms with Gasteiger partial charge in [-0.25, -0.2) is 18.0 Å². The molecule has 2 aromatic carbocycles. The van der Waals surface area contributed by atoms with E-state index in [2.05, 4.69) is 10.4 Å². The number of benzene rings is 2. The van der Waals surface area contributed by atoms with Crippen molar-refractivity contribution in [3.8, 4) is 5.75 Å². The number of carbonyl (C=O) groups excluding carboxylic acids is 2. The number of anilines is 2. The molecule has 1 heterocycles. The highest BCUT2D eigenvalue weighted by Gasteiger charge is 2.33. The summed E-state index contributed by atoms with van der Waals surface area (Å²) in [6, 6.07) is 13.9. The Balaban J connectivity index is 2.00. The van der Waals surface area contributed by atoms with E-state index in [4.69, 9.17) is 15.2 Å². The van der Waals surface area contributed by atoms with Gasteiger partial charge in [-0.2, -0.15) is 4.68 Å². The highest BCUT2D eigenvalue weighted by atomic mass is 32.2. The maximum absolute atomic E-state index is 13.1. The van der Waals surface area contributed by atoms with Crippen molar-refractivity contribution in [3.05, 3.63) is 65.7 Å². The Morgan fingerprint density at radius 1 is 1.09 bits per heavy atom. The Morgan fingerprint density at radius 3 is 2.34 bits per heavy atom. The van der Waals surface area contributed by atoms with E-state index in [1.165, 1.54) is 7.11 Å². The van der Waals surface area contributed by atoms with E-state index >= 15 is 0 Å². The number of sulfone groups is 1. The van der Waals surface area contributed by atoms with Crippen molar-refractivity contribution in [2.75, 3.05) is 24.8 Å². The summed E-state index contributed by atoms with van der Waals surface area (Å²) in [5.41, 5.74) is 6.37. The molecule has 0 fully saturated rings.